The van der Waals surface area contributed by atoms with Crippen LogP contribution in [0, 0.1) is 0 Å². The minimum Gasteiger partial charge on any atom is -0.324 e. The van der Waals surface area contributed by atoms with Crippen LogP contribution in [0.25, 0.3) is 12.2 Å². The summed E-state index contributed by atoms with van der Waals surface area (Å²) in [5, 5.41) is 5.89. The van der Waals surface area contributed by atoms with Crippen molar-refractivity contribution < 1.29 is 25.9 Å². The van der Waals surface area contributed by atoms with Crippen molar-refractivity contribution in [2.45, 2.75) is 22.6 Å². The van der Waals surface area contributed by atoms with Crippen molar-refractivity contribution in [3.8, 4) is 0 Å². The molecule has 0 aliphatic heterocycles. The Morgan fingerprint density at radius 2 is 1.12 bits per heavy atom. The number of anilines is 4. The van der Waals surface area contributed by atoms with Gasteiger partial charge in [-0.1, -0.05) is 72.8 Å². The van der Waals surface area contributed by atoms with Gasteiger partial charge in [-0.25, -0.2) is 9.97 Å². The molecule has 2 heterocycles. The van der Waals surface area contributed by atoms with Gasteiger partial charge in [-0.15, -0.1) is 0 Å². The van der Waals surface area contributed by atoms with Gasteiger partial charge in [-0.2, -0.15) is 36.8 Å². The van der Waals surface area contributed by atoms with Crippen LogP contribution in [0.1, 0.15) is 33.9 Å². The molecule has 0 spiro atoms. The second-order valence-corrected chi connectivity index (χ2v) is 14.6. The Labute approximate surface area is 308 Å². The Morgan fingerprint density at radius 3 is 1.65 bits per heavy atom. The summed E-state index contributed by atoms with van der Waals surface area (Å²) in [4.78, 5) is 24.7. The van der Waals surface area contributed by atoms with Crippen molar-refractivity contribution >= 4 is 78.9 Å². The summed E-state index contributed by atoms with van der Waals surface area (Å²) < 4.78 is 66.6. The van der Waals surface area contributed by atoms with E-state index in [0.717, 1.165) is 16.8 Å². The van der Waals surface area contributed by atoms with Gasteiger partial charge in [-0.05, 0) is 81.9 Å². The highest BCUT2D eigenvalue weighted by atomic mass is 35.5. The molecule has 0 saturated heterocycles. The highest BCUT2D eigenvalue weighted by Crippen LogP contribution is 2.25. The topological polar surface area (TPSA) is 210 Å². The average molecular weight is 778 g/mol. The van der Waals surface area contributed by atoms with E-state index in [-0.39, 0.29) is 49.8 Å². The molecule has 0 radical (unpaired) electrons. The molecule has 0 saturated carbocycles. The molecular weight excluding hydrogens is 751 g/mol. The van der Waals surface area contributed by atoms with Gasteiger partial charge in [0.25, 0.3) is 20.2 Å². The minimum atomic E-state index is -4.66. The summed E-state index contributed by atoms with van der Waals surface area (Å²) in [5.41, 5.74) is 3.54. The van der Waals surface area contributed by atoms with E-state index in [4.69, 9.17) is 23.2 Å². The van der Waals surface area contributed by atoms with Crippen LogP contribution < -0.4 is 10.6 Å². The molecule has 0 aliphatic rings. The highest BCUT2D eigenvalue weighted by molar-refractivity contribution is 7.86. The fourth-order valence-electron chi connectivity index (χ4n) is 4.88. The van der Waals surface area contributed by atoms with E-state index in [1.807, 2.05) is 54.6 Å². The van der Waals surface area contributed by atoms with E-state index in [0.29, 0.717) is 23.8 Å². The number of aromatic nitrogens is 6. The van der Waals surface area contributed by atoms with E-state index in [1.54, 1.807) is 18.2 Å². The first-order chi connectivity index (χ1) is 24.8. The number of nitrogens with one attached hydrogen (secondary N) is 2. The third-order valence-electron chi connectivity index (χ3n) is 7.27. The molecule has 0 amide bonds. The Bertz CT molecular complexity index is 2490. The average Bonchev–Trinajstić information content (AvgIpc) is 3.08. The van der Waals surface area contributed by atoms with Crippen molar-refractivity contribution in [1.29, 1.82) is 0 Å². The number of benzene rings is 4. The van der Waals surface area contributed by atoms with E-state index in [2.05, 4.69) is 40.5 Å². The molecule has 4 N–H and O–H groups in total. The van der Waals surface area contributed by atoms with Crippen LogP contribution in [0.5, 0.6) is 0 Å². The van der Waals surface area contributed by atoms with Gasteiger partial charge in [-0.3, -0.25) is 9.11 Å². The SMILES string of the molecule is O=S(=O)(O)c1ccc(Cc2nc(Cl)nc(Nc3ccc(/C=C/c4ccc(Cc5nc(Cl)nc(Nc6ccccc6)n5)cc4)c(S(=O)(=O)O)c3)n2)cc1. The van der Waals surface area contributed by atoms with Crippen LogP contribution in [-0.4, -0.2) is 55.8 Å². The predicted octanol–water partition coefficient (Wildman–Crippen LogP) is 6.70. The van der Waals surface area contributed by atoms with Crippen LogP contribution in [0.3, 0.4) is 0 Å². The summed E-state index contributed by atoms with van der Waals surface area (Å²) >= 11 is 12.3. The lowest BCUT2D eigenvalue weighted by Gasteiger charge is -2.10. The summed E-state index contributed by atoms with van der Waals surface area (Å²) in [6.07, 6.45) is 3.78. The molecule has 6 rings (SSSR count). The molecule has 0 fully saturated rings. The van der Waals surface area contributed by atoms with Crippen molar-refractivity contribution in [1.82, 2.24) is 29.9 Å². The Kier molecular flexibility index (Phi) is 10.8. The fourth-order valence-corrected chi connectivity index (χ4v) is 6.43. The standard InChI is InChI=1S/C34H26Cl2N8O6S2/c35-31-39-29(41-33(43-31)37-25-4-2-1-3-5-25)18-22-8-6-21(7-9-22)10-13-24-14-15-26(20-28(24)52(48,49)50)38-34-42-30(40-32(36)44-34)19-23-11-16-27(17-12-23)51(45,46)47/h1-17,20H,18-19H2,(H,45,46,47)(H,48,49,50)(H,37,39,41,43)(H,38,40,42,44)/b13-10+. The molecule has 52 heavy (non-hydrogen) atoms. The van der Waals surface area contributed by atoms with Gasteiger partial charge in [0.1, 0.15) is 16.5 Å². The smallest absolute Gasteiger partial charge is 0.295 e. The molecule has 2 aromatic heterocycles. The third kappa shape index (κ3) is 9.91. The molecule has 4 aromatic carbocycles. The predicted molar refractivity (Wildman–Crippen MR) is 196 cm³/mol. The van der Waals surface area contributed by atoms with Gasteiger partial charge in [0.15, 0.2) is 0 Å². The zero-order valence-electron chi connectivity index (χ0n) is 26.6. The first-order valence-corrected chi connectivity index (χ1v) is 18.8. The maximum atomic E-state index is 12.4. The highest BCUT2D eigenvalue weighted by Gasteiger charge is 2.17. The van der Waals surface area contributed by atoms with Crippen molar-refractivity contribution in [2.75, 3.05) is 10.6 Å². The second kappa shape index (κ2) is 15.5. The number of hydrogen-bond acceptors (Lipinski definition) is 12. The lowest BCUT2D eigenvalue weighted by Crippen LogP contribution is -2.06. The van der Waals surface area contributed by atoms with Crippen LogP contribution in [0.15, 0.2) is 107 Å². The number of halogens is 2. The number of nitrogens with zero attached hydrogens (tertiary/aromatic N) is 6. The molecule has 0 atom stereocenters. The summed E-state index contributed by atoms with van der Waals surface area (Å²) in [7, 11) is -9.00. The minimum absolute atomic E-state index is 0.00246. The first kappa shape index (κ1) is 36.4. The van der Waals surface area contributed by atoms with Gasteiger partial charge in [0.05, 0.1) is 4.90 Å². The Hall–Kier alpha value is -5.36. The van der Waals surface area contributed by atoms with Crippen LogP contribution in [0.4, 0.5) is 23.3 Å². The number of para-hydroxylation sites is 1. The zero-order chi connectivity index (χ0) is 36.9. The number of rotatable bonds is 12. The Morgan fingerprint density at radius 1 is 0.577 bits per heavy atom. The molecule has 0 unspecified atom stereocenters. The molecule has 264 valence electrons. The maximum absolute atomic E-state index is 12.4. The first-order valence-electron chi connectivity index (χ1n) is 15.1. The van der Waals surface area contributed by atoms with E-state index >= 15 is 0 Å². The normalized spacial score (nSPS) is 11.8. The summed E-state index contributed by atoms with van der Waals surface area (Å²) in [6, 6.07) is 26.6. The second-order valence-electron chi connectivity index (χ2n) is 11.1. The summed E-state index contributed by atoms with van der Waals surface area (Å²) in [6.45, 7) is 0. The third-order valence-corrected chi connectivity index (χ3v) is 9.38. The van der Waals surface area contributed by atoms with Gasteiger partial charge < -0.3 is 10.6 Å². The number of hydrogen-bond donors (Lipinski definition) is 4. The quantitative estimate of drug-likeness (QED) is 0.0753. The van der Waals surface area contributed by atoms with Gasteiger partial charge in [0, 0.05) is 24.2 Å². The van der Waals surface area contributed by atoms with Crippen LogP contribution in [-0.2, 0) is 33.1 Å². The molecule has 6 aromatic rings. The van der Waals surface area contributed by atoms with E-state index in [1.165, 1.54) is 36.4 Å². The van der Waals surface area contributed by atoms with Crippen LogP contribution in [0.2, 0.25) is 10.6 Å². The monoisotopic (exact) mass is 776 g/mol. The largest absolute Gasteiger partial charge is 0.324 e. The van der Waals surface area contributed by atoms with Gasteiger partial charge in [0.2, 0.25) is 22.5 Å². The van der Waals surface area contributed by atoms with Gasteiger partial charge >= 0.3 is 0 Å². The summed E-state index contributed by atoms with van der Waals surface area (Å²) in [5.74, 6) is 1.02. The van der Waals surface area contributed by atoms with E-state index < -0.39 is 20.2 Å². The van der Waals surface area contributed by atoms with Crippen molar-refractivity contribution in [3.63, 3.8) is 0 Å². The lowest BCUT2D eigenvalue weighted by molar-refractivity contribution is 0.481. The van der Waals surface area contributed by atoms with Crippen molar-refractivity contribution in [3.05, 3.63) is 142 Å². The van der Waals surface area contributed by atoms with Crippen molar-refractivity contribution in [2.24, 2.45) is 0 Å². The molecule has 0 aliphatic carbocycles. The van der Waals surface area contributed by atoms with E-state index in [9.17, 15) is 25.9 Å². The zero-order valence-corrected chi connectivity index (χ0v) is 29.7. The fraction of sp³-hybridized carbons (Fsp3) is 0.0588. The van der Waals surface area contributed by atoms with Crippen LogP contribution >= 0.6 is 23.2 Å². The molecule has 18 heteroatoms. The lowest BCUT2D eigenvalue weighted by atomic mass is 10.1. The molecule has 14 nitrogen and oxygen atoms in total. The Balaban J connectivity index is 1.15. The maximum Gasteiger partial charge on any atom is 0.295 e. The molecule has 0 bridgehead atoms. The molecular formula is C34H26Cl2N8O6S2.